The monoisotopic (exact) mass is 535 g/mol. The van der Waals surface area contributed by atoms with Crippen molar-refractivity contribution in [3.8, 4) is 0 Å². The number of hydrogen-bond donors (Lipinski definition) is 2. The fourth-order valence-corrected chi connectivity index (χ4v) is 5.30. The van der Waals surface area contributed by atoms with Crippen LogP contribution in [0.5, 0.6) is 0 Å². The molecule has 1 atom stereocenters. The Kier molecular flexibility index (Phi) is 6.96. The number of aromatic nitrogens is 3. The van der Waals surface area contributed by atoms with E-state index in [0.29, 0.717) is 42.1 Å². The Bertz CT molecular complexity index is 1540. The van der Waals surface area contributed by atoms with Crippen LogP contribution < -0.4 is 10.9 Å². The molecular weight excluding hydrogens is 506 g/mol. The molecule has 0 saturated heterocycles. The molecule has 0 bridgehead atoms. The first-order valence-electron chi connectivity index (χ1n) is 12.8. The minimum Gasteiger partial charge on any atom is -0.476 e. The molecule has 198 valence electrons. The number of nitrogens with one attached hydrogen (secondary N) is 1. The lowest BCUT2D eigenvalue weighted by Gasteiger charge is -2.33. The number of carbonyl (C=O) groups is 2. The molecule has 1 saturated carbocycles. The predicted molar refractivity (Wildman–Crippen MR) is 146 cm³/mol. The van der Waals surface area contributed by atoms with Crippen molar-refractivity contribution < 1.29 is 14.7 Å². The SMILES string of the molecule is Cc1cc([C@@H](C)Nc2ccc(Cl)nc2C(=O)O)c2nc(C3=CCN(C(=O)C4CCC4)CC3)c(C)c(=O)n2c1. The summed E-state index contributed by atoms with van der Waals surface area (Å²) in [5, 5.41) is 12.9. The number of carbonyl (C=O) groups excluding carboxylic acids is 1. The number of pyridine rings is 2. The molecule has 3 aromatic heterocycles. The van der Waals surface area contributed by atoms with Crippen molar-refractivity contribution in [1.29, 1.82) is 0 Å². The van der Waals surface area contributed by atoms with Crippen molar-refractivity contribution >= 4 is 40.4 Å². The third kappa shape index (κ3) is 4.78. The molecular formula is C28H30ClN5O4. The molecule has 2 N–H and O–H groups in total. The summed E-state index contributed by atoms with van der Waals surface area (Å²) in [6.07, 6.45) is 7.48. The number of rotatable bonds is 6. The average Bonchev–Trinajstić information content (AvgIpc) is 2.86. The molecule has 10 heteroatoms. The molecule has 2 aliphatic rings. The van der Waals surface area contributed by atoms with E-state index in [0.717, 1.165) is 36.0 Å². The van der Waals surface area contributed by atoms with Crippen molar-refractivity contribution in [3.63, 3.8) is 0 Å². The highest BCUT2D eigenvalue weighted by Gasteiger charge is 2.30. The van der Waals surface area contributed by atoms with Crippen LogP contribution in [0.2, 0.25) is 5.15 Å². The van der Waals surface area contributed by atoms with Gasteiger partial charge in [0.2, 0.25) is 5.91 Å². The Morgan fingerprint density at radius 2 is 1.97 bits per heavy atom. The number of fused-ring (bicyclic) bond motifs is 1. The molecule has 0 unspecified atom stereocenters. The summed E-state index contributed by atoms with van der Waals surface area (Å²) in [4.78, 5) is 48.7. The molecule has 1 aliphatic carbocycles. The van der Waals surface area contributed by atoms with Crippen molar-refractivity contribution in [2.45, 2.75) is 52.5 Å². The molecule has 5 rings (SSSR count). The largest absolute Gasteiger partial charge is 0.476 e. The van der Waals surface area contributed by atoms with Gasteiger partial charge in [0.05, 0.1) is 17.4 Å². The number of hydrogen-bond acceptors (Lipinski definition) is 6. The fraction of sp³-hybridized carbons (Fsp3) is 0.393. The maximum absolute atomic E-state index is 13.5. The first-order chi connectivity index (χ1) is 18.1. The summed E-state index contributed by atoms with van der Waals surface area (Å²) in [5.74, 6) is -0.810. The highest BCUT2D eigenvalue weighted by atomic mass is 35.5. The zero-order valence-electron chi connectivity index (χ0n) is 21.6. The summed E-state index contributed by atoms with van der Waals surface area (Å²) < 4.78 is 1.55. The topological polar surface area (TPSA) is 117 Å². The van der Waals surface area contributed by atoms with Crippen molar-refractivity contribution in [2.75, 3.05) is 18.4 Å². The van der Waals surface area contributed by atoms with Gasteiger partial charge >= 0.3 is 5.97 Å². The van der Waals surface area contributed by atoms with Gasteiger partial charge in [-0.05, 0) is 69.4 Å². The zero-order valence-corrected chi connectivity index (χ0v) is 22.4. The number of anilines is 1. The lowest BCUT2D eigenvalue weighted by atomic mass is 9.84. The van der Waals surface area contributed by atoms with Crippen LogP contribution in [-0.4, -0.2) is 49.3 Å². The minimum atomic E-state index is -1.20. The molecule has 1 amide bonds. The Hall–Kier alpha value is -3.72. The highest BCUT2D eigenvalue weighted by molar-refractivity contribution is 6.29. The number of nitrogens with zero attached hydrogens (tertiary/aromatic N) is 4. The van der Waals surface area contributed by atoms with Crippen LogP contribution in [0.4, 0.5) is 5.69 Å². The van der Waals surface area contributed by atoms with Gasteiger partial charge in [-0.25, -0.2) is 14.8 Å². The Labute approximate surface area is 225 Å². The molecule has 1 aliphatic heterocycles. The molecule has 0 radical (unpaired) electrons. The van der Waals surface area contributed by atoms with Gasteiger partial charge in [-0.3, -0.25) is 14.0 Å². The quantitative estimate of drug-likeness (QED) is 0.441. The smallest absolute Gasteiger partial charge is 0.356 e. The lowest BCUT2D eigenvalue weighted by Crippen LogP contribution is -2.41. The van der Waals surface area contributed by atoms with Gasteiger partial charge in [0.1, 0.15) is 10.8 Å². The predicted octanol–water partition coefficient (Wildman–Crippen LogP) is 4.65. The van der Waals surface area contributed by atoms with Crippen molar-refractivity contribution in [1.82, 2.24) is 19.3 Å². The average molecular weight is 536 g/mol. The molecule has 9 nitrogen and oxygen atoms in total. The summed E-state index contributed by atoms with van der Waals surface area (Å²) in [6, 6.07) is 4.64. The number of carboxylic acids is 1. The van der Waals surface area contributed by atoms with Crippen molar-refractivity contribution in [2.24, 2.45) is 5.92 Å². The van der Waals surface area contributed by atoms with Gasteiger partial charge in [0, 0.05) is 36.3 Å². The van der Waals surface area contributed by atoms with Crippen LogP contribution in [0, 0.1) is 19.8 Å². The normalized spacial score (nSPS) is 16.6. The summed E-state index contributed by atoms with van der Waals surface area (Å²) in [6.45, 7) is 6.69. The molecule has 3 aromatic rings. The second-order valence-electron chi connectivity index (χ2n) is 10.1. The van der Waals surface area contributed by atoms with E-state index in [1.807, 2.05) is 30.9 Å². The number of amides is 1. The van der Waals surface area contributed by atoms with Gasteiger partial charge in [-0.2, -0.15) is 0 Å². The van der Waals surface area contributed by atoms with Crippen LogP contribution in [0.3, 0.4) is 0 Å². The molecule has 0 spiro atoms. The van der Waals surface area contributed by atoms with Gasteiger partial charge in [-0.15, -0.1) is 0 Å². The van der Waals surface area contributed by atoms with E-state index in [-0.39, 0.29) is 28.2 Å². The second kappa shape index (κ2) is 10.2. The van der Waals surface area contributed by atoms with Gasteiger partial charge in [-0.1, -0.05) is 24.1 Å². The maximum atomic E-state index is 13.5. The van der Waals surface area contributed by atoms with Crippen LogP contribution in [-0.2, 0) is 4.79 Å². The summed E-state index contributed by atoms with van der Waals surface area (Å²) in [7, 11) is 0. The maximum Gasteiger partial charge on any atom is 0.356 e. The zero-order chi connectivity index (χ0) is 27.1. The third-order valence-electron chi connectivity index (χ3n) is 7.50. The van der Waals surface area contributed by atoms with Crippen LogP contribution in [0.1, 0.15) is 71.5 Å². The summed E-state index contributed by atoms with van der Waals surface area (Å²) in [5.41, 5.74) is 4.24. The van der Waals surface area contributed by atoms with E-state index < -0.39 is 12.0 Å². The van der Waals surface area contributed by atoms with Crippen LogP contribution in [0.15, 0.2) is 35.3 Å². The van der Waals surface area contributed by atoms with Crippen LogP contribution in [0.25, 0.3) is 11.2 Å². The highest BCUT2D eigenvalue weighted by Crippen LogP contribution is 2.31. The van der Waals surface area contributed by atoms with Gasteiger partial charge in [0.25, 0.3) is 5.56 Å². The van der Waals surface area contributed by atoms with E-state index in [2.05, 4.69) is 10.3 Å². The van der Waals surface area contributed by atoms with E-state index in [1.165, 1.54) is 6.07 Å². The second-order valence-corrected chi connectivity index (χ2v) is 10.5. The molecule has 1 fully saturated rings. The molecule has 38 heavy (non-hydrogen) atoms. The number of aryl methyl sites for hydroxylation is 1. The van der Waals surface area contributed by atoms with Gasteiger partial charge in [0.15, 0.2) is 5.69 Å². The Balaban J connectivity index is 1.52. The molecule has 4 heterocycles. The summed E-state index contributed by atoms with van der Waals surface area (Å²) >= 11 is 5.91. The number of aromatic carboxylic acids is 1. The van der Waals surface area contributed by atoms with Crippen molar-refractivity contribution in [3.05, 3.63) is 74.1 Å². The number of carboxylic acid groups (broad SMARTS) is 1. The van der Waals surface area contributed by atoms with E-state index in [9.17, 15) is 19.5 Å². The van der Waals surface area contributed by atoms with E-state index >= 15 is 0 Å². The first-order valence-corrected chi connectivity index (χ1v) is 13.2. The first kappa shape index (κ1) is 25.9. The minimum absolute atomic E-state index is 0.0867. The lowest BCUT2D eigenvalue weighted by molar-refractivity contribution is -0.137. The number of halogens is 1. The Morgan fingerprint density at radius 3 is 2.61 bits per heavy atom. The van der Waals surface area contributed by atoms with E-state index in [4.69, 9.17) is 16.6 Å². The standard InChI is InChI=1S/C28H30ClN5O4/c1-15-13-20(17(3)30-21-7-8-22(29)31-24(21)28(37)38)25-32-23(16(2)26(35)34(25)14-15)18-9-11-33(12-10-18)27(36)19-5-4-6-19/h7-9,13-14,17,19,30H,4-6,10-12H2,1-3H3,(H,37,38)/t17-/m1/s1. The molecule has 0 aromatic carbocycles. The fourth-order valence-electron chi connectivity index (χ4n) is 5.15. The van der Waals surface area contributed by atoms with E-state index in [1.54, 1.807) is 23.6 Å². The van der Waals surface area contributed by atoms with Crippen LogP contribution >= 0.6 is 11.6 Å². The van der Waals surface area contributed by atoms with Gasteiger partial charge < -0.3 is 15.3 Å². The third-order valence-corrected chi connectivity index (χ3v) is 7.71. The Morgan fingerprint density at radius 1 is 1.21 bits per heavy atom.